The first kappa shape index (κ1) is 23.9. The molecule has 4 aromatic rings. The van der Waals surface area contributed by atoms with Crippen LogP contribution in [0.4, 0.5) is 40.6 Å². The van der Waals surface area contributed by atoms with E-state index in [1.807, 2.05) is 6.07 Å². The molecule has 2 aromatic heterocycles. The second-order valence-corrected chi connectivity index (χ2v) is 9.07. The van der Waals surface area contributed by atoms with Gasteiger partial charge in [0.25, 0.3) is 0 Å². The third-order valence-electron chi connectivity index (χ3n) is 6.53. The predicted octanol–water partition coefficient (Wildman–Crippen LogP) is 5.25. The van der Waals surface area contributed by atoms with Crippen LogP contribution in [0.2, 0.25) is 0 Å². The van der Waals surface area contributed by atoms with Crippen molar-refractivity contribution in [2.75, 3.05) is 43.1 Å². The monoisotopic (exact) mass is 499 g/mol. The van der Waals surface area contributed by atoms with Gasteiger partial charge in [-0.05, 0) is 44.8 Å². The Labute approximate surface area is 204 Å². The van der Waals surface area contributed by atoms with Gasteiger partial charge in [-0.3, -0.25) is 0 Å². The summed E-state index contributed by atoms with van der Waals surface area (Å²) in [5, 5.41) is 3.24. The van der Waals surface area contributed by atoms with Gasteiger partial charge >= 0.3 is 6.18 Å². The number of aromatic nitrogens is 3. The van der Waals surface area contributed by atoms with Crippen molar-refractivity contribution in [2.24, 2.45) is 0 Å². The van der Waals surface area contributed by atoms with Gasteiger partial charge in [-0.15, -0.1) is 0 Å². The molecule has 0 spiro atoms. The molecule has 0 aliphatic carbocycles. The Balaban J connectivity index is 1.47. The minimum atomic E-state index is -4.70. The van der Waals surface area contributed by atoms with Crippen LogP contribution in [0.1, 0.15) is 12.0 Å². The van der Waals surface area contributed by atoms with Crippen molar-refractivity contribution in [1.82, 2.24) is 19.9 Å². The summed E-state index contributed by atoms with van der Waals surface area (Å²) in [4.78, 5) is 15.2. The Morgan fingerprint density at radius 3 is 2.69 bits per heavy atom. The number of benzene rings is 2. The third-order valence-corrected chi connectivity index (χ3v) is 6.53. The molecule has 1 atom stereocenters. The average molecular weight is 500 g/mol. The van der Waals surface area contributed by atoms with E-state index in [0.29, 0.717) is 22.8 Å². The minimum absolute atomic E-state index is 0.0373. The lowest BCUT2D eigenvalue weighted by atomic mass is 10.1. The SMILES string of the molecule is CN(C)[C@H]1CCN(c2ccc(Nc3ncc(C(F)(F)F)c(-c4c[nH]c5c(F)cccc45)n3)cc2N)C1. The highest BCUT2D eigenvalue weighted by Crippen LogP contribution is 2.39. The number of H-pyrrole nitrogens is 1. The second kappa shape index (κ2) is 8.98. The summed E-state index contributed by atoms with van der Waals surface area (Å²) in [7, 11) is 4.10. The summed E-state index contributed by atoms with van der Waals surface area (Å²) in [6, 6.07) is 10.0. The zero-order valence-electron chi connectivity index (χ0n) is 19.7. The lowest BCUT2D eigenvalue weighted by molar-refractivity contribution is -0.137. The van der Waals surface area contributed by atoms with Crippen molar-refractivity contribution in [3.05, 3.63) is 60.2 Å². The standard InChI is InChI=1S/C25H25F4N7/c1-35(2)15-8-9-36(13-15)21-7-6-14(10-20(21)30)33-24-32-12-18(25(27,28)29)22(34-24)17-11-31-23-16(17)4-3-5-19(23)26/h3-7,10-12,15,31H,8-9,13,30H2,1-2H3,(H,32,33,34)/t15-/m0/s1. The molecular formula is C25H25F4N7. The van der Waals surface area contributed by atoms with Crippen LogP contribution in [-0.4, -0.2) is 53.1 Å². The molecular weight excluding hydrogens is 474 g/mol. The summed E-state index contributed by atoms with van der Waals surface area (Å²) in [6.07, 6.45) is -1.62. The Morgan fingerprint density at radius 1 is 1.19 bits per heavy atom. The van der Waals surface area contributed by atoms with Gasteiger partial charge in [-0.25, -0.2) is 14.4 Å². The van der Waals surface area contributed by atoms with Crippen molar-refractivity contribution < 1.29 is 17.6 Å². The average Bonchev–Trinajstić information content (AvgIpc) is 3.47. The lowest BCUT2D eigenvalue weighted by Gasteiger charge is -2.23. The highest BCUT2D eigenvalue weighted by Gasteiger charge is 2.36. The van der Waals surface area contributed by atoms with Crippen LogP contribution in [-0.2, 0) is 6.18 Å². The van der Waals surface area contributed by atoms with Gasteiger partial charge in [0.1, 0.15) is 11.4 Å². The molecule has 1 saturated heterocycles. The zero-order valence-corrected chi connectivity index (χ0v) is 19.7. The molecule has 36 heavy (non-hydrogen) atoms. The first-order valence-electron chi connectivity index (χ1n) is 11.4. The van der Waals surface area contributed by atoms with E-state index >= 15 is 0 Å². The number of aromatic amines is 1. The molecule has 0 amide bonds. The smallest absolute Gasteiger partial charge is 0.397 e. The molecule has 2 aromatic carbocycles. The zero-order chi connectivity index (χ0) is 25.6. The van der Waals surface area contributed by atoms with E-state index in [1.54, 1.807) is 12.1 Å². The molecule has 1 aliphatic heterocycles. The number of nitrogens with one attached hydrogen (secondary N) is 2. The molecule has 5 rings (SSSR count). The fourth-order valence-corrected chi connectivity index (χ4v) is 4.60. The highest BCUT2D eigenvalue weighted by molar-refractivity contribution is 5.95. The number of nitrogens with zero attached hydrogens (tertiary/aromatic N) is 4. The van der Waals surface area contributed by atoms with Gasteiger partial charge in [-0.1, -0.05) is 12.1 Å². The molecule has 0 radical (unpaired) electrons. The number of anilines is 4. The lowest BCUT2D eigenvalue weighted by Crippen LogP contribution is -2.31. The maximum atomic E-state index is 14.1. The maximum absolute atomic E-state index is 14.1. The number of para-hydroxylation sites is 1. The van der Waals surface area contributed by atoms with Crippen molar-refractivity contribution in [3.8, 4) is 11.3 Å². The predicted molar refractivity (Wildman–Crippen MR) is 133 cm³/mol. The molecule has 4 N–H and O–H groups in total. The highest BCUT2D eigenvalue weighted by atomic mass is 19.4. The first-order valence-corrected chi connectivity index (χ1v) is 11.4. The van der Waals surface area contributed by atoms with Crippen LogP contribution in [0, 0.1) is 5.82 Å². The van der Waals surface area contributed by atoms with E-state index in [4.69, 9.17) is 5.73 Å². The summed E-state index contributed by atoms with van der Waals surface area (Å²) in [5.41, 5.74) is 7.16. The van der Waals surface area contributed by atoms with Crippen LogP contribution >= 0.6 is 0 Å². The molecule has 11 heteroatoms. The van der Waals surface area contributed by atoms with E-state index in [0.717, 1.165) is 31.4 Å². The first-order chi connectivity index (χ1) is 17.1. The van der Waals surface area contributed by atoms with Gasteiger partial charge in [0.2, 0.25) is 5.95 Å². The van der Waals surface area contributed by atoms with Crippen molar-refractivity contribution in [1.29, 1.82) is 0 Å². The van der Waals surface area contributed by atoms with E-state index in [1.165, 1.54) is 24.4 Å². The fraction of sp³-hybridized carbons (Fsp3) is 0.280. The molecule has 7 nitrogen and oxygen atoms in total. The van der Waals surface area contributed by atoms with E-state index < -0.39 is 17.6 Å². The van der Waals surface area contributed by atoms with E-state index in [9.17, 15) is 17.6 Å². The topological polar surface area (TPSA) is 86.1 Å². The molecule has 0 unspecified atom stereocenters. The second-order valence-electron chi connectivity index (χ2n) is 9.07. The maximum Gasteiger partial charge on any atom is 0.419 e. The van der Waals surface area contributed by atoms with Crippen LogP contribution < -0.4 is 16.0 Å². The normalized spacial score (nSPS) is 16.3. The molecule has 1 aliphatic rings. The number of hydrogen-bond donors (Lipinski definition) is 3. The Kier molecular flexibility index (Phi) is 5.95. The Morgan fingerprint density at radius 2 is 2.00 bits per heavy atom. The van der Waals surface area contributed by atoms with Crippen LogP contribution in [0.15, 0.2) is 48.8 Å². The number of hydrogen-bond acceptors (Lipinski definition) is 6. The van der Waals surface area contributed by atoms with Gasteiger partial charge in [0.05, 0.1) is 22.6 Å². The van der Waals surface area contributed by atoms with Gasteiger partial charge < -0.3 is 25.8 Å². The molecule has 3 heterocycles. The Hall–Kier alpha value is -3.86. The number of likely N-dealkylation sites (N-methyl/N-ethyl adjacent to an activating group) is 1. The van der Waals surface area contributed by atoms with Crippen LogP contribution in [0.3, 0.4) is 0 Å². The largest absolute Gasteiger partial charge is 0.419 e. The number of nitrogens with two attached hydrogens (primary N) is 1. The summed E-state index contributed by atoms with van der Waals surface area (Å²) in [6.45, 7) is 1.75. The van der Waals surface area contributed by atoms with Crippen molar-refractivity contribution in [3.63, 3.8) is 0 Å². The molecule has 0 saturated carbocycles. The van der Waals surface area contributed by atoms with E-state index in [2.05, 4.69) is 44.2 Å². The molecule has 188 valence electrons. The minimum Gasteiger partial charge on any atom is -0.397 e. The number of halogens is 4. The quantitative estimate of drug-likeness (QED) is 0.257. The van der Waals surface area contributed by atoms with Gasteiger partial charge in [0, 0.05) is 48.2 Å². The number of rotatable bonds is 5. The van der Waals surface area contributed by atoms with E-state index in [-0.39, 0.29) is 22.7 Å². The number of nitrogen functional groups attached to an aromatic ring is 1. The Bertz CT molecular complexity index is 1410. The number of fused-ring (bicyclic) bond motifs is 1. The summed E-state index contributed by atoms with van der Waals surface area (Å²) in [5.74, 6) is -0.602. The van der Waals surface area contributed by atoms with Crippen molar-refractivity contribution >= 4 is 33.9 Å². The van der Waals surface area contributed by atoms with Gasteiger partial charge in [-0.2, -0.15) is 13.2 Å². The van der Waals surface area contributed by atoms with Gasteiger partial charge in [0.15, 0.2) is 0 Å². The third kappa shape index (κ3) is 4.41. The summed E-state index contributed by atoms with van der Waals surface area (Å²) >= 11 is 0. The molecule has 1 fully saturated rings. The van der Waals surface area contributed by atoms with Crippen molar-refractivity contribution in [2.45, 2.75) is 18.6 Å². The summed E-state index contributed by atoms with van der Waals surface area (Å²) < 4.78 is 55.5. The van der Waals surface area contributed by atoms with Crippen LogP contribution in [0.25, 0.3) is 22.2 Å². The van der Waals surface area contributed by atoms with Crippen LogP contribution in [0.5, 0.6) is 0 Å². The number of alkyl halides is 3. The fourth-order valence-electron chi connectivity index (χ4n) is 4.60. The molecule has 0 bridgehead atoms.